The largest absolute Gasteiger partial charge is 0.459 e. The Bertz CT molecular complexity index is 815. The fraction of sp³-hybridized carbons (Fsp3) is 0.0588. The van der Waals surface area contributed by atoms with Gasteiger partial charge in [0.15, 0.2) is 11.6 Å². The number of para-hydroxylation sites is 1. The van der Waals surface area contributed by atoms with Crippen molar-refractivity contribution in [3.05, 3.63) is 78.0 Å². The van der Waals surface area contributed by atoms with Gasteiger partial charge < -0.3 is 4.74 Å². The van der Waals surface area contributed by atoms with E-state index in [9.17, 15) is 8.78 Å². The van der Waals surface area contributed by atoms with Crippen molar-refractivity contribution in [2.75, 3.05) is 10.9 Å². The van der Waals surface area contributed by atoms with Crippen LogP contribution in [-0.2, 0) is 6.61 Å². The van der Waals surface area contributed by atoms with Crippen molar-refractivity contribution < 1.29 is 13.5 Å². The zero-order chi connectivity index (χ0) is 16.8. The molecule has 3 aromatic rings. The molecular weight excluding hydrogens is 314 g/mol. The number of hydrogen-bond donors (Lipinski definition) is 2. The van der Waals surface area contributed by atoms with Gasteiger partial charge in [-0.1, -0.05) is 42.5 Å². The van der Waals surface area contributed by atoms with E-state index in [1.165, 1.54) is 12.1 Å². The van der Waals surface area contributed by atoms with E-state index in [0.717, 1.165) is 11.8 Å². The molecule has 0 aliphatic heterocycles. The van der Waals surface area contributed by atoms with Crippen molar-refractivity contribution in [1.82, 2.24) is 9.97 Å². The van der Waals surface area contributed by atoms with Crippen LogP contribution in [0.5, 0.6) is 6.01 Å². The maximum atomic E-state index is 13.8. The smallest absolute Gasteiger partial charge is 0.318 e. The summed E-state index contributed by atoms with van der Waals surface area (Å²) in [6.45, 7) is 0.257. The third kappa shape index (κ3) is 3.95. The summed E-state index contributed by atoms with van der Waals surface area (Å²) in [4.78, 5) is 7.70. The minimum atomic E-state index is -0.689. The molecule has 0 radical (unpaired) electrons. The number of rotatable bonds is 6. The van der Waals surface area contributed by atoms with Gasteiger partial charge in [0, 0.05) is 0 Å². The van der Waals surface area contributed by atoms with Gasteiger partial charge in [-0.2, -0.15) is 4.98 Å². The van der Waals surface area contributed by atoms with Crippen LogP contribution in [0.25, 0.3) is 0 Å². The molecule has 0 saturated heterocycles. The first kappa shape index (κ1) is 15.7. The number of hydrazine groups is 1. The summed E-state index contributed by atoms with van der Waals surface area (Å²) in [6.07, 6.45) is 0.985. The SMILES string of the molecule is Fc1ccccc1NNc1nc(OCc2ccccc2)ncc1F. The van der Waals surface area contributed by atoms with E-state index in [0.29, 0.717) is 0 Å². The fourth-order valence-corrected chi connectivity index (χ4v) is 1.92. The van der Waals surface area contributed by atoms with Crippen LogP contribution in [0, 0.1) is 11.6 Å². The average molecular weight is 328 g/mol. The minimum Gasteiger partial charge on any atom is -0.459 e. The Morgan fingerprint density at radius 2 is 1.62 bits per heavy atom. The zero-order valence-corrected chi connectivity index (χ0v) is 12.5. The molecule has 7 heteroatoms. The highest BCUT2D eigenvalue weighted by atomic mass is 19.1. The molecule has 2 N–H and O–H groups in total. The van der Waals surface area contributed by atoms with Gasteiger partial charge in [0.2, 0.25) is 0 Å². The maximum Gasteiger partial charge on any atom is 0.318 e. The molecule has 3 rings (SSSR count). The predicted octanol–water partition coefficient (Wildman–Crippen LogP) is 3.77. The second kappa shape index (κ2) is 7.36. The Morgan fingerprint density at radius 3 is 2.42 bits per heavy atom. The Labute approximate surface area is 137 Å². The summed E-state index contributed by atoms with van der Waals surface area (Å²) in [6, 6.07) is 15.5. The first-order valence-corrected chi connectivity index (χ1v) is 7.18. The van der Waals surface area contributed by atoms with E-state index in [2.05, 4.69) is 20.8 Å². The number of nitrogens with one attached hydrogen (secondary N) is 2. The molecule has 1 heterocycles. The number of nitrogens with zero attached hydrogens (tertiary/aromatic N) is 2. The molecule has 0 bridgehead atoms. The van der Waals surface area contributed by atoms with Gasteiger partial charge in [-0.25, -0.2) is 13.8 Å². The van der Waals surface area contributed by atoms with Crippen LogP contribution in [0.1, 0.15) is 5.56 Å². The van der Waals surface area contributed by atoms with Crippen LogP contribution < -0.4 is 15.6 Å². The second-order valence-electron chi connectivity index (χ2n) is 4.85. The highest BCUT2D eigenvalue weighted by molar-refractivity contribution is 5.50. The Hall–Kier alpha value is -3.22. The number of ether oxygens (including phenoxy) is 1. The maximum absolute atomic E-state index is 13.8. The van der Waals surface area contributed by atoms with Gasteiger partial charge in [0.05, 0.1) is 11.9 Å². The van der Waals surface area contributed by atoms with Gasteiger partial charge in [-0.05, 0) is 17.7 Å². The van der Waals surface area contributed by atoms with Crippen LogP contribution in [0.3, 0.4) is 0 Å². The van der Waals surface area contributed by atoms with E-state index >= 15 is 0 Å². The Morgan fingerprint density at radius 1 is 0.875 bits per heavy atom. The van der Waals surface area contributed by atoms with Crippen LogP contribution in [-0.4, -0.2) is 9.97 Å². The zero-order valence-electron chi connectivity index (χ0n) is 12.5. The summed E-state index contributed by atoms with van der Waals surface area (Å²) in [5.74, 6) is -1.30. The molecule has 0 unspecified atom stereocenters. The highest BCUT2D eigenvalue weighted by Crippen LogP contribution is 2.17. The van der Waals surface area contributed by atoms with Crippen molar-refractivity contribution in [1.29, 1.82) is 0 Å². The summed E-state index contributed by atoms with van der Waals surface area (Å²) >= 11 is 0. The molecule has 1 aromatic heterocycles. The van der Waals surface area contributed by atoms with Gasteiger partial charge in [0.1, 0.15) is 12.4 Å². The lowest BCUT2D eigenvalue weighted by molar-refractivity contribution is 0.280. The molecular formula is C17H14F2N4O. The van der Waals surface area contributed by atoms with Crippen LogP contribution >= 0.6 is 0 Å². The van der Waals surface area contributed by atoms with E-state index in [4.69, 9.17) is 4.74 Å². The highest BCUT2D eigenvalue weighted by Gasteiger charge is 2.09. The molecule has 0 fully saturated rings. The van der Waals surface area contributed by atoms with Crippen LogP contribution in [0.4, 0.5) is 20.3 Å². The molecule has 0 aliphatic rings. The van der Waals surface area contributed by atoms with Crippen LogP contribution in [0.2, 0.25) is 0 Å². The summed E-state index contributed by atoms with van der Waals surface area (Å²) in [5, 5.41) is 0. The molecule has 0 aliphatic carbocycles. The lowest BCUT2D eigenvalue weighted by atomic mass is 10.2. The van der Waals surface area contributed by atoms with Gasteiger partial charge >= 0.3 is 6.01 Å². The van der Waals surface area contributed by atoms with Gasteiger partial charge in [0.25, 0.3) is 0 Å². The topological polar surface area (TPSA) is 59.1 Å². The van der Waals surface area contributed by atoms with E-state index in [1.807, 2.05) is 30.3 Å². The van der Waals surface area contributed by atoms with Crippen molar-refractivity contribution in [2.24, 2.45) is 0 Å². The lowest BCUT2D eigenvalue weighted by Crippen LogP contribution is -2.13. The Kier molecular flexibility index (Phi) is 4.81. The predicted molar refractivity (Wildman–Crippen MR) is 86.4 cm³/mol. The average Bonchev–Trinajstić information content (AvgIpc) is 2.62. The van der Waals surface area contributed by atoms with Gasteiger partial charge in [-0.15, -0.1) is 0 Å². The van der Waals surface area contributed by atoms with E-state index in [-0.39, 0.29) is 24.1 Å². The third-order valence-corrected chi connectivity index (χ3v) is 3.12. The van der Waals surface area contributed by atoms with Crippen molar-refractivity contribution >= 4 is 11.5 Å². The molecule has 0 atom stereocenters. The number of benzene rings is 2. The lowest BCUT2D eigenvalue weighted by Gasteiger charge is -2.11. The van der Waals surface area contributed by atoms with E-state index < -0.39 is 11.6 Å². The summed E-state index contributed by atoms with van der Waals surface area (Å²) < 4.78 is 32.7. The van der Waals surface area contributed by atoms with Crippen molar-refractivity contribution in [3.63, 3.8) is 0 Å². The van der Waals surface area contributed by atoms with Crippen molar-refractivity contribution in [3.8, 4) is 6.01 Å². The fourth-order valence-electron chi connectivity index (χ4n) is 1.92. The van der Waals surface area contributed by atoms with E-state index in [1.54, 1.807) is 12.1 Å². The molecule has 0 saturated carbocycles. The molecule has 5 nitrogen and oxygen atoms in total. The first-order chi connectivity index (χ1) is 11.7. The molecule has 0 amide bonds. The standard InChI is InChI=1S/C17H14F2N4O/c18-13-8-4-5-9-15(13)22-23-16-14(19)10-20-17(21-16)24-11-12-6-2-1-3-7-12/h1-10,22H,11H2,(H,20,21,23). The first-order valence-electron chi connectivity index (χ1n) is 7.18. The summed E-state index contributed by atoms with van der Waals surface area (Å²) in [7, 11) is 0. The quantitative estimate of drug-likeness (QED) is 0.675. The third-order valence-electron chi connectivity index (χ3n) is 3.12. The minimum absolute atomic E-state index is 0.0121. The molecule has 24 heavy (non-hydrogen) atoms. The number of hydrogen-bond acceptors (Lipinski definition) is 5. The van der Waals surface area contributed by atoms with Crippen molar-refractivity contribution in [2.45, 2.75) is 6.61 Å². The van der Waals surface area contributed by atoms with Gasteiger partial charge in [-0.3, -0.25) is 10.9 Å². The Balaban J connectivity index is 1.66. The second-order valence-corrected chi connectivity index (χ2v) is 4.85. The number of anilines is 2. The monoisotopic (exact) mass is 328 g/mol. The molecule has 0 spiro atoms. The van der Waals surface area contributed by atoms with Crippen LogP contribution in [0.15, 0.2) is 60.8 Å². The summed E-state index contributed by atoms with van der Waals surface area (Å²) in [5.41, 5.74) is 6.18. The number of halogens is 2. The normalized spacial score (nSPS) is 10.2. The molecule has 2 aromatic carbocycles. The molecule has 122 valence electrons. The number of aromatic nitrogens is 2.